The summed E-state index contributed by atoms with van der Waals surface area (Å²) >= 11 is 5.74. The van der Waals surface area contributed by atoms with E-state index < -0.39 is 0 Å². The Bertz CT molecular complexity index is 518. The van der Waals surface area contributed by atoms with Gasteiger partial charge in [0.05, 0.1) is 6.10 Å². The molecule has 3 rings (SSSR count). The third kappa shape index (κ3) is 1.54. The molecule has 1 aliphatic rings. The van der Waals surface area contributed by atoms with Gasteiger partial charge in [0.1, 0.15) is 0 Å². The molecule has 16 heavy (non-hydrogen) atoms. The summed E-state index contributed by atoms with van der Waals surface area (Å²) in [6, 6.07) is 3.51. The summed E-state index contributed by atoms with van der Waals surface area (Å²) in [5, 5.41) is 9.92. The molecule has 0 saturated heterocycles. The van der Waals surface area contributed by atoms with E-state index in [-0.39, 0.29) is 6.10 Å². The molecule has 1 N–H and O–H groups in total. The minimum atomic E-state index is -0.253. The number of halogens is 1. The zero-order valence-corrected chi connectivity index (χ0v) is 9.31. The normalized spacial score (nSPS) is 19.8. The number of hydrogen-bond acceptors (Lipinski definition) is 3. The van der Waals surface area contributed by atoms with E-state index in [1.54, 1.807) is 12.3 Å². The molecule has 2 aromatic rings. The molecule has 0 spiro atoms. The van der Waals surface area contributed by atoms with Crippen LogP contribution in [0, 0.1) is 0 Å². The van der Waals surface area contributed by atoms with E-state index in [1.807, 2.05) is 6.07 Å². The summed E-state index contributed by atoms with van der Waals surface area (Å²) in [4.78, 5) is 4.32. The van der Waals surface area contributed by atoms with Crippen molar-refractivity contribution in [3.8, 4) is 11.6 Å². The van der Waals surface area contributed by atoms with Gasteiger partial charge in [-0.2, -0.15) is 0 Å². The Morgan fingerprint density at radius 3 is 3.12 bits per heavy atom. The zero-order chi connectivity index (χ0) is 11.1. The van der Waals surface area contributed by atoms with Gasteiger partial charge in [-0.3, -0.25) is 0 Å². The molecule has 3 heterocycles. The smallest absolute Gasteiger partial charge is 0.194 e. The summed E-state index contributed by atoms with van der Waals surface area (Å²) in [6.07, 6.45) is 2.94. The van der Waals surface area contributed by atoms with Gasteiger partial charge in [-0.1, -0.05) is 0 Å². The van der Waals surface area contributed by atoms with Gasteiger partial charge in [0.25, 0.3) is 0 Å². The Morgan fingerprint density at radius 1 is 1.50 bits per heavy atom. The van der Waals surface area contributed by atoms with Gasteiger partial charge in [-0.05, 0) is 30.2 Å². The molecule has 0 bridgehead atoms. The Kier molecular flexibility index (Phi) is 2.26. The van der Waals surface area contributed by atoms with E-state index in [0.717, 1.165) is 24.5 Å². The number of aliphatic hydroxyl groups is 1. The average molecular weight is 239 g/mol. The molecule has 1 aliphatic heterocycles. The number of aliphatic hydroxyl groups excluding tert-OH is 1. The number of hydrogen-bond donors (Lipinski definition) is 1. The van der Waals surface area contributed by atoms with Crippen molar-refractivity contribution in [2.75, 3.05) is 0 Å². The van der Waals surface area contributed by atoms with Crippen LogP contribution in [0.15, 0.2) is 22.7 Å². The maximum atomic E-state index is 9.55. The number of nitrogens with zero attached hydrogens (tertiary/aromatic N) is 2. The van der Waals surface area contributed by atoms with Crippen LogP contribution in [-0.2, 0) is 13.0 Å². The lowest BCUT2D eigenvalue weighted by Crippen LogP contribution is -2.22. The maximum absolute atomic E-state index is 9.55. The highest BCUT2D eigenvalue weighted by Gasteiger charge is 2.21. The SMILES string of the molecule is OC1CCn2c(cnc2-c2ccc(Cl)o2)C1. The van der Waals surface area contributed by atoms with Crippen LogP contribution in [0.1, 0.15) is 12.1 Å². The largest absolute Gasteiger partial charge is 0.441 e. The van der Waals surface area contributed by atoms with Crippen LogP contribution in [0.2, 0.25) is 5.22 Å². The quantitative estimate of drug-likeness (QED) is 0.828. The summed E-state index contributed by atoms with van der Waals surface area (Å²) in [6.45, 7) is 0.768. The lowest BCUT2D eigenvalue weighted by molar-refractivity contribution is 0.144. The van der Waals surface area contributed by atoms with E-state index in [4.69, 9.17) is 16.0 Å². The van der Waals surface area contributed by atoms with Crippen LogP contribution < -0.4 is 0 Å². The van der Waals surface area contributed by atoms with Gasteiger partial charge >= 0.3 is 0 Å². The van der Waals surface area contributed by atoms with Gasteiger partial charge in [0.15, 0.2) is 16.8 Å². The Hall–Kier alpha value is -1.26. The number of furan rings is 1. The highest BCUT2D eigenvalue weighted by Crippen LogP contribution is 2.27. The van der Waals surface area contributed by atoms with Crippen molar-refractivity contribution in [1.82, 2.24) is 9.55 Å². The van der Waals surface area contributed by atoms with Crippen molar-refractivity contribution >= 4 is 11.6 Å². The molecule has 0 saturated carbocycles. The van der Waals surface area contributed by atoms with E-state index in [9.17, 15) is 5.11 Å². The fourth-order valence-electron chi connectivity index (χ4n) is 2.08. The molecule has 0 aliphatic carbocycles. The highest BCUT2D eigenvalue weighted by atomic mass is 35.5. The summed E-state index contributed by atoms with van der Waals surface area (Å²) in [7, 11) is 0. The third-order valence-corrected chi connectivity index (χ3v) is 3.07. The van der Waals surface area contributed by atoms with Crippen LogP contribution >= 0.6 is 11.6 Å². The minimum absolute atomic E-state index is 0.253. The molecule has 5 heteroatoms. The van der Waals surface area contributed by atoms with Crippen molar-refractivity contribution in [2.24, 2.45) is 0 Å². The van der Waals surface area contributed by atoms with Gasteiger partial charge < -0.3 is 14.1 Å². The van der Waals surface area contributed by atoms with Crippen LogP contribution in [0.4, 0.5) is 0 Å². The van der Waals surface area contributed by atoms with E-state index in [2.05, 4.69) is 9.55 Å². The van der Waals surface area contributed by atoms with Crippen molar-refractivity contribution in [3.63, 3.8) is 0 Å². The summed E-state index contributed by atoms with van der Waals surface area (Å²) in [5.41, 5.74) is 1.04. The molecule has 84 valence electrons. The standard InChI is InChI=1S/C11H11ClN2O2/c12-10-2-1-9(16-10)11-13-6-7-5-8(15)3-4-14(7)11/h1-2,6,8,15H,3-5H2. The lowest BCUT2D eigenvalue weighted by atomic mass is 10.1. The Balaban J connectivity index is 2.03. The highest BCUT2D eigenvalue weighted by molar-refractivity contribution is 6.28. The van der Waals surface area contributed by atoms with Crippen LogP contribution in [-0.4, -0.2) is 20.8 Å². The first kappa shape index (κ1) is 9.93. The van der Waals surface area contributed by atoms with Crippen LogP contribution in [0.5, 0.6) is 0 Å². The molecule has 2 aromatic heterocycles. The molecular weight excluding hydrogens is 228 g/mol. The van der Waals surface area contributed by atoms with Crippen LogP contribution in [0.3, 0.4) is 0 Å². The fraction of sp³-hybridized carbons (Fsp3) is 0.364. The van der Waals surface area contributed by atoms with Gasteiger partial charge in [0, 0.05) is 24.9 Å². The third-order valence-electron chi connectivity index (χ3n) is 2.86. The Morgan fingerprint density at radius 2 is 2.38 bits per heavy atom. The number of fused-ring (bicyclic) bond motifs is 1. The second kappa shape index (κ2) is 3.64. The monoisotopic (exact) mass is 238 g/mol. The molecule has 0 fully saturated rings. The fourth-order valence-corrected chi connectivity index (χ4v) is 2.22. The molecule has 1 unspecified atom stereocenters. The average Bonchev–Trinajstić information content (AvgIpc) is 2.83. The van der Waals surface area contributed by atoms with Gasteiger partial charge in [-0.25, -0.2) is 4.98 Å². The Labute approximate surface area is 97.5 Å². The molecule has 0 aromatic carbocycles. The van der Waals surface area contributed by atoms with Crippen molar-refractivity contribution < 1.29 is 9.52 Å². The predicted molar refractivity (Wildman–Crippen MR) is 59.3 cm³/mol. The van der Waals surface area contributed by atoms with E-state index in [1.165, 1.54) is 0 Å². The number of imidazole rings is 1. The maximum Gasteiger partial charge on any atom is 0.194 e. The van der Waals surface area contributed by atoms with Crippen molar-refractivity contribution in [3.05, 3.63) is 29.2 Å². The summed E-state index contributed by atoms with van der Waals surface area (Å²) < 4.78 is 7.41. The van der Waals surface area contributed by atoms with Gasteiger partial charge in [-0.15, -0.1) is 0 Å². The zero-order valence-electron chi connectivity index (χ0n) is 8.56. The van der Waals surface area contributed by atoms with Gasteiger partial charge in [0.2, 0.25) is 0 Å². The van der Waals surface area contributed by atoms with E-state index in [0.29, 0.717) is 17.4 Å². The molecule has 1 atom stereocenters. The molecule has 0 radical (unpaired) electrons. The predicted octanol–water partition coefficient (Wildman–Crippen LogP) is 2.10. The number of aromatic nitrogens is 2. The molecule has 0 amide bonds. The molecular formula is C11H11ClN2O2. The first-order chi connectivity index (χ1) is 7.74. The second-order valence-corrected chi connectivity index (χ2v) is 4.35. The first-order valence-corrected chi connectivity index (χ1v) is 5.60. The van der Waals surface area contributed by atoms with Crippen molar-refractivity contribution in [1.29, 1.82) is 0 Å². The number of rotatable bonds is 1. The summed E-state index contributed by atoms with van der Waals surface area (Å²) in [5.74, 6) is 1.46. The van der Waals surface area contributed by atoms with E-state index >= 15 is 0 Å². The second-order valence-electron chi connectivity index (χ2n) is 3.98. The first-order valence-electron chi connectivity index (χ1n) is 5.22. The topological polar surface area (TPSA) is 51.2 Å². The molecule has 4 nitrogen and oxygen atoms in total. The lowest BCUT2D eigenvalue weighted by Gasteiger charge is -2.20. The van der Waals surface area contributed by atoms with Crippen molar-refractivity contribution in [2.45, 2.75) is 25.5 Å². The minimum Gasteiger partial charge on any atom is -0.441 e. The van der Waals surface area contributed by atoms with Crippen LogP contribution in [0.25, 0.3) is 11.6 Å².